The molecule has 0 aliphatic rings. The standard InChI is InChI=1S/C16H25ClN4O2/c1-4-18-16(21-12(2)11-23-3)20-10-9-19-15(22)13-5-7-14(17)8-6-13/h5-8,12H,4,9-11H2,1-3H3,(H,19,22)(H2,18,20,21). The van der Waals surface area contributed by atoms with Gasteiger partial charge in [0.2, 0.25) is 0 Å². The minimum Gasteiger partial charge on any atom is -0.383 e. The van der Waals surface area contributed by atoms with Crippen molar-refractivity contribution in [1.29, 1.82) is 0 Å². The monoisotopic (exact) mass is 340 g/mol. The van der Waals surface area contributed by atoms with Crippen LogP contribution in [0.1, 0.15) is 24.2 Å². The van der Waals surface area contributed by atoms with Gasteiger partial charge in [-0.25, -0.2) is 0 Å². The Balaban J connectivity index is 2.41. The largest absolute Gasteiger partial charge is 0.383 e. The number of ether oxygens (including phenoxy) is 1. The molecule has 0 saturated carbocycles. The number of carbonyl (C=O) groups excluding carboxylic acids is 1. The van der Waals surface area contributed by atoms with E-state index in [1.807, 2.05) is 13.8 Å². The summed E-state index contributed by atoms with van der Waals surface area (Å²) in [7, 11) is 1.66. The fourth-order valence-corrected chi connectivity index (χ4v) is 2.01. The van der Waals surface area contributed by atoms with E-state index in [-0.39, 0.29) is 11.9 Å². The van der Waals surface area contributed by atoms with Gasteiger partial charge in [-0.05, 0) is 38.1 Å². The molecule has 0 fully saturated rings. The molecule has 23 heavy (non-hydrogen) atoms. The summed E-state index contributed by atoms with van der Waals surface area (Å²) in [5, 5.41) is 9.82. The summed E-state index contributed by atoms with van der Waals surface area (Å²) in [5.74, 6) is 0.570. The van der Waals surface area contributed by atoms with Gasteiger partial charge in [0.05, 0.1) is 13.2 Å². The van der Waals surface area contributed by atoms with E-state index in [2.05, 4.69) is 20.9 Å². The fraction of sp³-hybridized carbons (Fsp3) is 0.500. The molecule has 0 heterocycles. The van der Waals surface area contributed by atoms with E-state index in [9.17, 15) is 4.79 Å². The maximum atomic E-state index is 11.9. The van der Waals surface area contributed by atoms with Crippen LogP contribution in [0.15, 0.2) is 29.3 Å². The number of guanidine groups is 1. The Morgan fingerprint density at radius 3 is 2.61 bits per heavy atom. The first kappa shape index (κ1) is 19.3. The summed E-state index contributed by atoms with van der Waals surface area (Å²) in [4.78, 5) is 16.4. The van der Waals surface area contributed by atoms with Gasteiger partial charge >= 0.3 is 0 Å². The van der Waals surface area contributed by atoms with Gasteiger partial charge in [-0.1, -0.05) is 11.6 Å². The number of benzene rings is 1. The average Bonchev–Trinajstić information content (AvgIpc) is 2.52. The summed E-state index contributed by atoms with van der Waals surface area (Å²) >= 11 is 5.80. The van der Waals surface area contributed by atoms with E-state index in [1.54, 1.807) is 31.4 Å². The highest BCUT2D eigenvalue weighted by Crippen LogP contribution is 2.09. The molecule has 7 heteroatoms. The first-order valence-electron chi connectivity index (χ1n) is 7.64. The lowest BCUT2D eigenvalue weighted by Crippen LogP contribution is -2.44. The lowest BCUT2D eigenvalue weighted by atomic mass is 10.2. The van der Waals surface area contributed by atoms with Crippen LogP contribution in [0.4, 0.5) is 0 Å². The summed E-state index contributed by atoms with van der Waals surface area (Å²) in [6.07, 6.45) is 0. The van der Waals surface area contributed by atoms with Gasteiger partial charge in [0, 0.05) is 36.8 Å². The van der Waals surface area contributed by atoms with Crippen LogP contribution in [-0.2, 0) is 4.74 Å². The van der Waals surface area contributed by atoms with Crippen molar-refractivity contribution in [2.24, 2.45) is 4.99 Å². The lowest BCUT2D eigenvalue weighted by molar-refractivity contribution is 0.0955. The quantitative estimate of drug-likeness (QED) is 0.382. The van der Waals surface area contributed by atoms with Crippen molar-refractivity contribution in [2.45, 2.75) is 19.9 Å². The van der Waals surface area contributed by atoms with Gasteiger partial charge in [-0.2, -0.15) is 0 Å². The highest BCUT2D eigenvalue weighted by atomic mass is 35.5. The third-order valence-electron chi connectivity index (χ3n) is 2.92. The van der Waals surface area contributed by atoms with Crippen LogP contribution in [0.3, 0.4) is 0 Å². The molecule has 3 N–H and O–H groups in total. The molecule has 1 unspecified atom stereocenters. The molecule has 0 bridgehead atoms. The molecule has 128 valence electrons. The van der Waals surface area contributed by atoms with E-state index in [1.165, 1.54) is 0 Å². The summed E-state index contributed by atoms with van der Waals surface area (Å²) < 4.78 is 5.09. The molecule has 0 aromatic heterocycles. The zero-order valence-corrected chi connectivity index (χ0v) is 14.6. The molecule has 0 aliphatic heterocycles. The Morgan fingerprint density at radius 2 is 2.00 bits per heavy atom. The number of nitrogens with zero attached hydrogens (tertiary/aromatic N) is 1. The van der Waals surface area contributed by atoms with Gasteiger partial charge in [-0.15, -0.1) is 0 Å². The lowest BCUT2D eigenvalue weighted by Gasteiger charge is -2.17. The van der Waals surface area contributed by atoms with Crippen LogP contribution in [0.25, 0.3) is 0 Å². The summed E-state index contributed by atoms with van der Waals surface area (Å²) in [6.45, 7) is 6.31. The normalized spacial score (nSPS) is 12.6. The number of amides is 1. The second-order valence-electron chi connectivity index (χ2n) is 5.02. The third-order valence-corrected chi connectivity index (χ3v) is 3.17. The Morgan fingerprint density at radius 1 is 1.30 bits per heavy atom. The number of rotatable bonds is 8. The van der Waals surface area contributed by atoms with Gasteiger partial charge in [-0.3, -0.25) is 9.79 Å². The van der Waals surface area contributed by atoms with Gasteiger partial charge in [0.1, 0.15) is 0 Å². The molecule has 6 nitrogen and oxygen atoms in total. The second kappa shape index (κ2) is 10.9. The van der Waals surface area contributed by atoms with Gasteiger partial charge < -0.3 is 20.7 Å². The van der Waals surface area contributed by atoms with Gasteiger partial charge in [0.25, 0.3) is 5.91 Å². The zero-order valence-electron chi connectivity index (χ0n) is 13.9. The van der Waals surface area contributed by atoms with Crippen LogP contribution in [0, 0.1) is 0 Å². The number of hydrogen-bond donors (Lipinski definition) is 3. The van der Waals surface area contributed by atoms with Crippen LogP contribution in [0.2, 0.25) is 5.02 Å². The Labute approximate surface area is 142 Å². The SMILES string of the molecule is CCNC(=NCCNC(=O)c1ccc(Cl)cc1)NC(C)COC. The number of aliphatic imine (C=N–C) groups is 1. The van der Waals surface area contributed by atoms with E-state index in [4.69, 9.17) is 16.3 Å². The van der Waals surface area contributed by atoms with Crippen molar-refractivity contribution < 1.29 is 9.53 Å². The van der Waals surface area contributed by atoms with Crippen LogP contribution in [0.5, 0.6) is 0 Å². The predicted molar refractivity (Wildman–Crippen MR) is 94.2 cm³/mol. The summed E-state index contributed by atoms with van der Waals surface area (Å²) in [5.41, 5.74) is 0.581. The van der Waals surface area contributed by atoms with Crippen molar-refractivity contribution in [3.8, 4) is 0 Å². The molecule has 1 rings (SSSR count). The molecular formula is C16H25ClN4O2. The number of carbonyl (C=O) groups is 1. The van der Waals surface area contributed by atoms with E-state index in [0.717, 1.165) is 6.54 Å². The molecule has 0 aliphatic carbocycles. The zero-order chi connectivity index (χ0) is 17.1. The number of methoxy groups -OCH3 is 1. The maximum Gasteiger partial charge on any atom is 0.251 e. The highest BCUT2D eigenvalue weighted by molar-refractivity contribution is 6.30. The molecule has 0 radical (unpaired) electrons. The molecule has 0 spiro atoms. The van der Waals surface area contributed by atoms with E-state index >= 15 is 0 Å². The van der Waals surface area contributed by atoms with E-state index < -0.39 is 0 Å². The molecule has 1 atom stereocenters. The fourth-order valence-electron chi connectivity index (χ4n) is 1.89. The molecule has 1 amide bonds. The van der Waals surface area contributed by atoms with Crippen LogP contribution < -0.4 is 16.0 Å². The van der Waals surface area contributed by atoms with Crippen molar-refractivity contribution in [1.82, 2.24) is 16.0 Å². The average molecular weight is 341 g/mol. The second-order valence-corrected chi connectivity index (χ2v) is 5.46. The van der Waals surface area contributed by atoms with E-state index in [0.29, 0.717) is 36.2 Å². The Bertz CT molecular complexity index is 505. The minimum absolute atomic E-state index is 0.137. The number of hydrogen-bond acceptors (Lipinski definition) is 3. The number of halogens is 1. The number of nitrogens with one attached hydrogen (secondary N) is 3. The third kappa shape index (κ3) is 7.85. The first-order chi connectivity index (χ1) is 11.1. The van der Waals surface area contributed by atoms with Crippen molar-refractivity contribution in [3.63, 3.8) is 0 Å². The molecule has 1 aromatic rings. The Hall–Kier alpha value is -1.79. The Kier molecular flexibility index (Phi) is 9.09. The first-order valence-corrected chi connectivity index (χ1v) is 8.02. The van der Waals surface area contributed by atoms with Crippen LogP contribution in [-0.4, -0.2) is 51.3 Å². The molecular weight excluding hydrogens is 316 g/mol. The predicted octanol–water partition coefficient (Wildman–Crippen LogP) is 1.66. The maximum absolute atomic E-state index is 11.9. The smallest absolute Gasteiger partial charge is 0.251 e. The summed E-state index contributed by atoms with van der Waals surface area (Å²) in [6, 6.07) is 6.93. The molecule has 1 aromatic carbocycles. The molecule has 0 saturated heterocycles. The van der Waals surface area contributed by atoms with Crippen molar-refractivity contribution in [2.75, 3.05) is 33.4 Å². The van der Waals surface area contributed by atoms with Crippen LogP contribution >= 0.6 is 11.6 Å². The van der Waals surface area contributed by atoms with Gasteiger partial charge in [0.15, 0.2) is 5.96 Å². The van der Waals surface area contributed by atoms with Crippen molar-refractivity contribution in [3.05, 3.63) is 34.9 Å². The topological polar surface area (TPSA) is 74.8 Å². The van der Waals surface area contributed by atoms with Crippen molar-refractivity contribution >= 4 is 23.5 Å². The minimum atomic E-state index is -0.137. The highest BCUT2D eigenvalue weighted by Gasteiger charge is 2.05.